The minimum atomic E-state index is -3.67. The Morgan fingerprint density at radius 2 is 1.89 bits per heavy atom. The molecule has 1 aliphatic rings. The largest absolute Gasteiger partial charge is 0.355 e. The lowest BCUT2D eigenvalue weighted by atomic mass is 9.99. The fourth-order valence-electron chi connectivity index (χ4n) is 3.30. The Labute approximate surface area is 169 Å². The second kappa shape index (κ2) is 9.03. The van der Waals surface area contributed by atoms with Gasteiger partial charge in [0.25, 0.3) is 0 Å². The molecule has 28 heavy (non-hydrogen) atoms. The normalized spacial score (nSPS) is 18.0. The van der Waals surface area contributed by atoms with Gasteiger partial charge in [-0.1, -0.05) is 29.8 Å². The molecule has 0 saturated carbocycles. The van der Waals surface area contributed by atoms with Crippen molar-refractivity contribution in [3.8, 4) is 0 Å². The first-order valence-electron chi connectivity index (χ1n) is 9.15. The van der Waals surface area contributed by atoms with Gasteiger partial charge in [-0.3, -0.25) is 4.79 Å². The van der Waals surface area contributed by atoms with Crippen LogP contribution < -0.4 is 5.32 Å². The number of rotatable bonds is 6. The molecular weight excluding hydrogens is 403 g/mol. The average molecular weight is 425 g/mol. The first-order chi connectivity index (χ1) is 13.4. The number of hydrogen-bond acceptors (Lipinski definition) is 3. The van der Waals surface area contributed by atoms with Gasteiger partial charge in [0, 0.05) is 24.7 Å². The van der Waals surface area contributed by atoms with Gasteiger partial charge in [0.05, 0.1) is 10.8 Å². The van der Waals surface area contributed by atoms with E-state index in [-0.39, 0.29) is 23.2 Å². The minimum Gasteiger partial charge on any atom is -0.355 e. The third-order valence-corrected chi connectivity index (χ3v) is 6.99. The molecule has 0 radical (unpaired) electrons. The van der Waals surface area contributed by atoms with Crippen LogP contribution in [-0.4, -0.2) is 38.3 Å². The molecule has 2 aromatic rings. The van der Waals surface area contributed by atoms with Gasteiger partial charge in [-0.15, -0.1) is 0 Å². The zero-order valence-electron chi connectivity index (χ0n) is 15.3. The van der Waals surface area contributed by atoms with Crippen LogP contribution in [0.25, 0.3) is 0 Å². The van der Waals surface area contributed by atoms with E-state index in [1.807, 2.05) is 0 Å². The third kappa shape index (κ3) is 4.90. The number of hydrogen-bond donors (Lipinski definition) is 1. The van der Waals surface area contributed by atoms with Gasteiger partial charge in [0.15, 0.2) is 0 Å². The molecule has 1 amide bonds. The van der Waals surface area contributed by atoms with E-state index in [1.54, 1.807) is 18.2 Å². The number of piperidine rings is 1. The van der Waals surface area contributed by atoms with Gasteiger partial charge >= 0.3 is 0 Å². The van der Waals surface area contributed by atoms with Gasteiger partial charge in [0.2, 0.25) is 15.9 Å². The predicted octanol–water partition coefficient (Wildman–Crippen LogP) is 3.24. The maximum absolute atomic E-state index is 13.6. The molecule has 8 heteroatoms. The van der Waals surface area contributed by atoms with Crippen molar-refractivity contribution in [2.45, 2.75) is 24.2 Å². The molecule has 0 aromatic heterocycles. The van der Waals surface area contributed by atoms with E-state index in [4.69, 9.17) is 11.6 Å². The van der Waals surface area contributed by atoms with Crippen LogP contribution in [-0.2, 0) is 21.2 Å². The van der Waals surface area contributed by atoms with Crippen molar-refractivity contribution in [2.24, 2.45) is 5.92 Å². The summed E-state index contributed by atoms with van der Waals surface area (Å²) in [6.45, 7) is 0.820. The molecule has 1 atom stereocenters. The van der Waals surface area contributed by atoms with Gasteiger partial charge < -0.3 is 5.32 Å². The van der Waals surface area contributed by atoms with Crippen LogP contribution >= 0.6 is 11.6 Å². The van der Waals surface area contributed by atoms with E-state index in [0.717, 1.165) is 0 Å². The van der Waals surface area contributed by atoms with Crippen molar-refractivity contribution in [3.05, 3.63) is 64.9 Å². The Bertz CT molecular complexity index is 935. The lowest BCUT2D eigenvalue weighted by molar-refractivity contribution is -0.126. The monoisotopic (exact) mass is 424 g/mol. The van der Waals surface area contributed by atoms with Crippen LogP contribution in [0.1, 0.15) is 18.4 Å². The first kappa shape index (κ1) is 20.8. The molecule has 1 aliphatic heterocycles. The summed E-state index contributed by atoms with van der Waals surface area (Å²) in [5, 5.41) is 3.27. The minimum absolute atomic E-state index is 0.135. The van der Waals surface area contributed by atoms with Crippen LogP contribution in [0.4, 0.5) is 4.39 Å². The molecule has 0 aliphatic carbocycles. The van der Waals surface area contributed by atoms with Gasteiger partial charge in [-0.05, 0) is 55.2 Å². The third-order valence-electron chi connectivity index (χ3n) is 4.86. The summed E-state index contributed by atoms with van der Waals surface area (Å²) in [7, 11) is -3.67. The number of amides is 1. The number of halogens is 2. The van der Waals surface area contributed by atoms with Crippen LogP contribution in [0.5, 0.6) is 0 Å². The maximum atomic E-state index is 13.6. The van der Waals surface area contributed by atoms with Crippen LogP contribution in [0.15, 0.2) is 53.4 Å². The molecule has 5 nitrogen and oxygen atoms in total. The quantitative estimate of drug-likeness (QED) is 0.774. The molecule has 1 unspecified atom stereocenters. The molecular formula is C20H22ClFN2O3S. The Morgan fingerprint density at radius 1 is 1.18 bits per heavy atom. The van der Waals surface area contributed by atoms with E-state index < -0.39 is 15.9 Å². The van der Waals surface area contributed by atoms with Crippen LogP contribution in [0.3, 0.4) is 0 Å². The van der Waals surface area contributed by atoms with Crippen LogP contribution in [0.2, 0.25) is 5.02 Å². The van der Waals surface area contributed by atoms with Crippen molar-refractivity contribution >= 4 is 27.5 Å². The Hall–Kier alpha value is -1.96. The fraction of sp³-hybridized carbons (Fsp3) is 0.350. The van der Waals surface area contributed by atoms with Gasteiger partial charge in [0.1, 0.15) is 5.82 Å². The molecule has 1 saturated heterocycles. The van der Waals surface area contributed by atoms with E-state index in [2.05, 4.69) is 5.32 Å². The zero-order valence-corrected chi connectivity index (χ0v) is 16.8. The highest BCUT2D eigenvalue weighted by molar-refractivity contribution is 7.89. The van der Waals surface area contributed by atoms with Gasteiger partial charge in [-0.25, -0.2) is 12.8 Å². The molecule has 1 N–H and O–H groups in total. The lowest BCUT2D eigenvalue weighted by Gasteiger charge is -2.31. The molecule has 0 spiro atoms. The van der Waals surface area contributed by atoms with Crippen molar-refractivity contribution in [1.29, 1.82) is 0 Å². The summed E-state index contributed by atoms with van der Waals surface area (Å²) in [6.07, 6.45) is 1.62. The van der Waals surface area contributed by atoms with E-state index in [1.165, 1.54) is 34.6 Å². The predicted molar refractivity (Wildman–Crippen MR) is 106 cm³/mol. The Morgan fingerprint density at radius 3 is 2.61 bits per heavy atom. The van der Waals surface area contributed by atoms with Gasteiger partial charge in [-0.2, -0.15) is 4.31 Å². The number of nitrogens with one attached hydrogen (secondary N) is 1. The van der Waals surface area contributed by atoms with Crippen molar-refractivity contribution < 1.29 is 17.6 Å². The Balaban J connectivity index is 1.58. The second-order valence-electron chi connectivity index (χ2n) is 6.79. The summed E-state index contributed by atoms with van der Waals surface area (Å²) in [5.41, 5.74) is 0.540. The SMILES string of the molecule is O=C(NCCc1ccccc1F)C1CCCN(S(=O)(=O)c2ccc(Cl)cc2)C1. The Kier molecular flexibility index (Phi) is 6.69. The van der Waals surface area contributed by atoms with Crippen molar-refractivity contribution in [2.75, 3.05) is 19.6 Å². The summed E-state index contributed by atoms with van der Waals surface area (Å²) < 4.78 is 40.6. The topological polar surface area (TPSA) is 66.5 Å². The van der Waals surface area contributed by atoms with Crippen molar-refractivity contribution in [3.63, 3.8) is 0 Å². The zero-order chi connectivity index (χ0) is 20.1. The summed E-state index contributed by atoms with van der Waals surface area (Å²) in [5.74, 6) is -0.918. The number of nitrogens with zero attached hydrogens (tertiary/aromatic N) is 1. The molecule has 3 rings (SSSR count). The standard InChI is InChI=1S/C20H22ClFN2O3S/c21-17-7-9-18(10-8-17)28(26,27)24-13-3-5-16(14-24)20(25)23-12-11-15-4-1-2-6-19(15)22/h1-2,4,6-10,16H,3,5,11-14H2,(H,23,25). The summed E-state index contributed by atoms with van der Waals surface area (Å²) in [6, 6.07) is 12.4. The second-order valence-corrected chi connectivity index (χ2v) is 9.16. The number of carbonyl (C=O) groups excluding carboxylic acids is 1. The molecule has 0 bridgehead atoms. The van der Waals surface area contributed by atoms with Crippen molar-refractivity contribution in [1.82, 2.24) is 9.62 Å². The van der Waals surface area contributed by atoms with Crippen LogP contribution in [0, 0.1) is 11.7 Å². The van der Waals surface area contributed by atoms with E-state index in [0.29, 0.717) is 42.9 Å². The maximum Gasteiger partial charge on any atom is 0.243 e. The summed E-state index contributed by atoms with van der Waals surface area (Å²) >= 11 is 5.83. The van der Waals surface area contributed by atoms with E-state index >= 15 is 0 Å². The smallest absolute Gasteiger partial charge is 0.243 e. The lowest BCUT2D eigenvalue weighted by Crippen LogP contribution is -2.45. The highest BCUT2D eigenvalue weighted by Crippen LogP contribution is 2.24. The molecule has 1 heterocycles. The highest BCUT2D eigenvalue weighted by atomic mass is 35.5. The average Bonchev–Trinajstić information content (AvgIpc) is 2.70. The first-order valence-corrected chi connectivity index (χ1v) is 11.0. The molecule has 150 valence electrons. The number of carbonyl (C=O) groups is 1. The molecule has 1 fully saturated rings. The molecule has 2 aromatic carbocycles. The number of sulfonamides is 1. The fourth-order valence-corrected chi connectivity index (χ4v) is 4.95. The number of benzene rings is 2. The highest BCUT2D eigenvalue weighted by Gasteiger charge is 2.33. The summed E-state index contributed by atoms with van der Waals surface area (Å²) in [4.78, 5) is 12.6. The van der Waals surface area contributed by atoms with E-state index in [9.17, 15) is 17.6 Å².